The van der Waals surface area contributed by atoms with Crippen LogP contribution in [0, 0.1) is 11.3 Å². The molecule has 0 amide bonds. The molecule has 0 fully saturated rings. The second-order valence-corrected chi connectivity index (χ2v) is 14.8. The summed E-state index contributed by atoms with van der Waals surface area (Å²) in [6, 6.07) is 0. The molecule has 31 heavy (non-hydrogen) atoms. The van der Waals surface area contributed by atoms with Gasteiger partial charge in [0.05, 0.1) is 37.5 Å². The smallest absolute Gasteiger partial charge is 0.306 e. The highest BCUT2D eigenvalue weighted by Crippen LogP contribution is 2.36. The highest BCUT2D eigenvalue weighted by molar-refractivity contribution is 8.68. The fraction of sp³-hybridized carbons (Fsp3) is 0.789. The lowest BCUT2D eigenvalue weighted by atomic mass is 9.76. The van der Waals surface area contributed by atoms with Gasteiger partial charge in [-0.05, 0) is 24.2 Å². The van der Waals surface area contributed by atoms with E-state index < -0.39 is 12.4 Å². The average molecular weight is 548 g/mol. The van der Waals surface area contributed by atoms with Gasteiger partial charge in [-0.1, -0.05) is 50.2 Å². The number of thiol groups is 2. The molecule has 0 aromatic carbocycles. The van der Waals surface area contributed by atoms with Crippen LogP contribution in [-0.4, -0.2) is 36.3 Å². The summed E-state index contributed by atoms with van der Waals surface area (Å²) in [7, 11) is 0. The standard InChI is InChI=1S/C19H33NO3.2HOPS2/c1-6-7-12-23-18(22)9-8-17(21)16-14-20(13-15(2)3)11-10-19(16,4)5;2*1-2(3)4/h14-15H,6-13H2,1-5H3;2*(H,1,3,4). The van der Waals surface area contributed by atoms with Gasteiger partial charge < -0.3 is 34.1 Å². The van der Waals surface area contributed by atoms with E-state index in [0.717, 1.165) is 37.9 Å². The number of Topliss-reactive ketones (excluding diaryl/α,β-unsaturated/α-hetero) is 1. The Bertz CT molecular complexity index is 610. The molecule has 0 radical (unpaired) electrons. The molecule has 6 nitrogen and oxygen atoms in total. The van der Waals surface area contributed by atoms with Crippen LogP contribution in [0.4, 0.5) is 0 Å². The molecule has 1 aliphatic heterocycles. The van der Waals surface area contributed by atoms with Gasteiger partial charge in [0.25, 0.3) is 12.4 Å². The summed E-state index contributed by atoms with van der Waals surface area (Å²) in [6.45, 7) is 13.1. The predicted molar refractivity (Wildman–Crippen MR) is 141 cm³/mol. The maximum atomic E-state index is 12.6. The van der Waals surface area contributed by atoms with Gasteiger partial charge in [-0.3, -0.25) is 9.59 Å². The summed E-state index contributed by atoms with van der Waals surface area (Å²) in [5.41, 5.74) is 0.738. The molecule has 1 heterocycles. The zero-order chi connectivity index (χ0) is 24.6. The number of ketones is 1. The van der Waals surface area contributed by atoms with E-state index in [1.165, 1.54) is 0 Å². The number of hydrogen-bond donors (Lipinski definition) is 2. The van der Waals surface area contributed by atoms with Crippen molar-refractivity contribution in [3.63, 3.8) is 0 Å². The van der Waals surface area contributed by atoms with Crippen molar-refractivity contribution in [3.8, 4) is 0 Å². The molecule has 2 unspecified atom stereocenters. The molecule has 0 saturated heterocycles. The first-order valence-corrected chi connectivity index (χ1v) is 16.9. The monoisotopic (exact) mass is 547 g/mol. The lowest BCUT2D eigenvalue weighted by Crippen LogP contribution is -2.36. The first-order chi connectivity index (χ1) is 14.2. The molecular formula is C19H35NO5P2S4. The fourth-order valence-corrected chi connectivity index (χ4v) is 2.79. The lowest BCUT2D eigenvalue weighted by Gasteiger charge is -2.37. The Labute approximate surface area is 210 Å². The highest BCUT2D eigenvalue weighted by atomic mass is 33.0. The van der Waals surface area contributed by atoms with E-state index in [1.807, 2.05) is 6.20 Å². The zero-order valence-electron chi connectivity index (χ0n) is 18.9. The van der Waals surface area contributed by atoms with Crippen molar-refractivity contribution in [3.05, 3.63) is 11.8 Å². The second kappa shape index (κ2) is 18.7. The largest absolute Gasteiger partial charge is 0.466 e. The fourth-order valence-electron chi connectivity index (χ4n) is 2.79. The van der Waals surface area contributed by atoms with Crippen molar-refractivity contribution in [2.45, 2.75) is 66.7 Å². The number of carbonyl (C=O) groups excluding carboxylic acids is 2. The number of ether oxygens (including phenoxy) is 1. The molecule has 0 aliphatic carbocycles. The zero-order valence-corrected chi connectivity index (χ0v) is 24.1. The average Bonchev–Trinajstić information content (AvgIpc) is 2.60. The van der Waals surface area contributed by atoms with E-state index >= 15 is 0 Å². The molecule has 180 valence electrons. The number of rotatable bonds is 9. The maximum absolute atomic E-state index is 12.6. The van der Waals surface area contributed by atoms with Crippen molar-refractivity contribution < 1.29 is 23.5 Å². The Balaban J connectivity index is 0. The van der Waals surface area contributed by atoms with Gasteiger partial charge in [-0.25, -0.2) is 0 Å². The van der Waals surface area contributed by atoms with E-state index in [9.17, 15) is 18.7 Å². The van der Waals surface area contributed by atoms with Crippen LogP contribution in [0.25, 0.3) is 0 Å². The maximum Gasteiger partial charge on any atom is 0.306 e. The van der Waals surface area contributed by atoms with Crippen molar-refractivity contribution >= 4 is 73.2 Å². The Morgan fingerprint density at radius 2 is 1.71 bits per heavy atom. The van der Waals surface area contributed by atoms with Gasteiger partial charge in [-0.2, -0.15) is 0 Å². The molecule has 1 rings (SSSR count). The number of hydrogen-bond acceptors (Lipinski definition) is 8. The topological polar surface area (TPSA) is 80.8 Å². The first kappa shape index (κ1) is 33.5. The normalized spacial score (nSPS) is 15.5. The molecule has 0 aromatic heterocycles. The van der Waals surface area contributed by atoms with Gasteiger partial charge in [0.15, 0.2) is 5.78 Å². The van der Waals surface area contributed by atoms with Crippen LogP contribution in [0.1, 0.15) is 66.7 Å². The number of carbonyl (C=O) groups is 2. The summed E-state index contributed by atoms with van der Waals surface area (Å²) in [5, 5.41) is 0. The van der Waals surface area contributed by atoms with Crippen LogP contribution >= 0.6 is 36.9 Å². The Morgan fingerprint density at radius 3 is 2.16 bits per heavy atom. The predicted octanol–water partition coefficient (Wildman–Crippen LogP) is 6.19. The van der Waals surface area contributed by atoms with Crippen molar-refractivity contribution in [1.29, 1.82) is 0 Å². The SMILES string of the molecule is CCCCOC(=O)CCC(=O)C1=CN(CC(C)C)CCC1(C)C.O=[P+]([S-])S.O=[P+]([S-])S. The minimum atomic E-state index is -1.59. The number of allylic oxidation sites excluding steroid dienone is 1. The lowest BCUT2D eigenvalue weighted by molar-refractivity contribution is -0.144. The molecule has 0 N–H and O–H groups in total. The molecule has 0 spiro atoms. The molecule has 0 aromatic rings. The summed E-state index contributed by atoms with van der Waals surface area (Å²) >= 11 is 14.6. The summed E-state index contributed by atoms with van der Waals surface area (Å²) in [5.74, 6) is 0.383. The highest BCUT2D eigenvalue weighted by Gasteiger charge is 2.32. The van der Waals surface area contributed by atoms with Crippen LogP contribution in [0.2, 0.25) is 0 Å². The second-order valence-electron chi connectivity index (χ2n) is 8.04. The van der Waals surface area contributed by atoms with Gasteiger partial charge >= 0.3 is 5.97 Å². The van der Waals surface area contributed by atoms with Crippen LogP contribution in [0.5, 0.6) is 0 Å². The van der Waals surface area contributed by atoms with E-state index in [0.29, 0.717) is 12.5 Å². The quantitative estimate of drug-likeness (QED) is 0.116. The van der Waals surface area contributed by atoms with Gasteiger partial charge in [0, 0.05) is 31.3 Å². The molecule has 12 heteroatoms. The minimum absolute atomic E-state index is 0.0795. The van der Waals surface area contributed by atoms with Crippen LogP contribution in [-0.2, 0) is 48.0 Å². The summed E-state index contributed by atoms with van der Waals surface area (Å²) in [6.07, 6.45) is 2.11. The van der Waals surface area contributed by atoms with Crippen LogP contribution in [0.3, 0.4) is 0 Å². The minimum Gasteiger partial charge on any atom is -0.466 e. The third kappa shape index (κ3) is 20.6. The van der Waals surface area contributed by atoms with Crippen molar-refractivity contribution in [1.82, 2.24) is 4.90 Å². The molecule has 1 aliphatic rings. The molecular weight excluding hydrogens is 512 g/mol. The first-order valence-electron chi connectivity index (χ1n) is 10.0. The van der Waals surface area contributed by atoms with Gasteiger partial charge in [-0.15, -0.1) is 0 Å². The van der Waals surface area contributed by atoms with E-state index in [2.05, 4.69) is 88.5 Å². The third-order valence-corrected chi connectivity index (χ3v) is 4.28. The summed E-state index contributed by atoms with van der Waals surface area (Å²) < 4.78 is 23.7. The van der Waals surface area contributed by atoms with Crippen molar-refractivity contribution in [2.24, 2.45) is 11.3 Å². The van der Waals surface area contributed by atoms with Crippen molar-refractivity contribution in [2.75, 3.05) is 19.7 Å². The Hall–Kier alpha value is 0.280. The molecule has 0 saturated carbocycles. The van der Waals surface area contributed by atoms with E-state index in [-0.39, 0.29) is 30.0 Å². The number of unbranched alkanes of at least 4 members (excludes halogenated alkanes) is 1. The summed E-state index contributed by atoms with van der Waals surface area (Å²) in [4.78, 5) is 26.5. The van der Waals surface area contributed by atoms with Gasteiger partial charge in [0.1, 0.15) is 0 Å². The number of esters is 1. The van der Waals surface area contributed by atoms with Gasteiger partial charge in [0.2, 0.25) is 0 Å². The van der Waals surface area contributed by atoms with Crippen LogP contribution in [0.15, 0.2) is 11.8 Å². The number of nitrogens with zero attached hydrogens (tertiary/aromatic N) is 1. The Morgan fingerprint density at radius 1 is 1.19 bits per heavy atom. The molecule has 2 atom stereocenters. The molecule has 0 bridgehead atoms. The third-order valence-electron chi connectivity index (χ3n) is 4.28. The van der Waals surface area contributed by atoms with E-state index in [1.54, 1.807) is 0 Å². The van der Waals surface area contributed by atoms with E-state index in [4.69, 9.17) is 4.74 Å². The Kier molecular flexibility index (Phi) is 20.2. The van der Waals surface area contributed by atoms with Crippen LogP contribution < -0.4 is 0 Å².